The number of pyridine rings is 1. The fourth-order valence-corrected chi connectivity index (χ4v) is 5.24. The number of carbonyl (C=O) groups excluding carboxylic acids is 1. The van der Waals surface area contributed by atoms with Crippen LogP contribution in [-0.2, 0) is 4.79 Å². The van der Waals surface area contributed by atoms with E-state index in [1.54, 1.807) is 36.0 Å². The number of hydrogen-bond donors (Lipinski definition) is 1. The van der Waals surface area contributed by atoms with Crippen molar-refractivity contribution < 1.29 is 9.18 Å². The Morgan fingerprint density at radius 1 is 1.07 bits per heavy atom. The van der Waals surface area contributed by atoms with Gasteiger partial charge in [0.1, 0.15) is 16.1 Å². The second-order valence-electron chi connectivity index (χ2n) is 6.34. The highest BCUT2D eigenvalue weighted by Gasteiger charge is 2.24. The van der Waals surface area contributed by atoms with Gasteiger partial charge >= 0.3 is 0 Å². The van der Waals surface area contributed by atoms with Crippen LogP contribution in [0.15, 0.2) is 69.4 Å². The predicted octanol–water partition coefficient (Wildman–Crippen LogP) is 7.10. The fourth-order valence-electron chi connectivity index (χ4n) is 2.79. The molecule has 3 aromatic rings. The minimum atomic E-state index is -0.543. The van der Waals surface area contributed by atoms with Crippen molar-refractivity contribution in [3.63, 3.8) is 0 Å². The van der Waals surface area contributed by atoms with E-state index in [2.05, 4.69) is 10.3 Å². The number of halogens is 2. The maximum atomic E-state index is 13.4. The van der Waals surface area contributed by atoms with Crippen molar-refractivity contribution in [3.05, 3.63) is 76.7 Å². The number of nitrogens with zero attached hydrogens (tertiary/aromatic N) is 1. The molecule has 1 aromatic heterocycles. The molecule has 2 aromatic carbocycles. The van der Waals surface area contributed by atoms with Crippen molar-refractivity contribution in [1.29, 1.82) is 0 Å². The molecule has 8 heteroatoms. The summed E-state index contributed by atoms with van der Waals surface area (Å²) in [4.78, 5) is 19.7. The van der Waals surface area contributed by atoms with Gasteiger partial charge in [-0.2, -0.15) is 0 Å². The van der Waals surface area contributed by atoms with Crippen molar-refractivity contribution in [1.82, 2.24) is 4.98 Å². The summed E-state index contributed by atoms with van der Waals surface area (Å²) in [5, 5.41) is 3.91. The van der Waals surface area contributed by atoms with Gasteiger partial charge in [0.25, 0.3) is 0 Å². The quantitative estimate of drug-likeness (QED) is 0.367. The van der Waals surface area contributed by atoms with Crippen LogP contribution in [0.25, 0.3) is 0 Å². The van der Waals surface area contributed by atoms with Crippen LogP contribution in [0.3, 0.4) is 0 Å². The summed E-state index contributed by atoms with van der Waals surface area (Å²) in [6.45, 7) is 1.94. The third kappa shape index (κ3) is 5.72. The Kier molecular flexibility index (Phi) is 8.11. The van der Waals surface area contributed by atoms with E-state index in [4.69, 9.17) is 11.6 Å². The lowest BCUT2D eigenvalue weighted by Crippen LogP contribution is -2.20. The first-order valence-electron chi connectivity index (χ1n) is 8.99. The van der Waals surface area contributed by atoms with E-state index in [0.29, 0.717) is 10.7 Å². The SMILES string of the molecule is CSc1cc(C)nc(SC)c1NC(=O)C(Sc1ccc(F)cc1)c1ccc(Cl)cc1. The zero-order chi connectivity index (χ0) is 21.7. The normalized spacial score (nSPS) is 11.9. The third-order valence-corrected chi connectivity index (χ3v) is 7.18. The highest BCUT2D eigenvalue weighted by atomic mass is 35.5. The molecule has 0 radical (unpaired) electrons. The maximum absolute atomic E-state index is 13.4. The first kappa shape index (κ1) is 23.0. The van der Waals surface area contributed by atoms with Crippen LogP contribution in [-0.4, -0.2) is 23.4 Å². The summed E-state index contributed by atoms with van der Waals surface area (Å²) in [6.07, 6.45) is 3.91. The molecule has 30 heavy (non-hydrogen) atoms. The Morgan fingerprint density at radius 3 is 2.33 bits per heavy atom. The first-order chi connectivity index (χ1) is 14.4. The van der Waals surface area contributed by atoms with Crippen LogP contribution in [0, 0.1) is 12.7 Å². The lowest BCUT2D eigenvalue weighted by Gasteiger charge is -2.20. The molecule has 0 spiro atoms. The number of amides is 1. The maximum Gasteiger partial charge on any atom is 0.242 e. The lowest BCUT2D eigenvalue weighted by molar-refractivity contribution is -0.115. The largest absolute Gasteiger partial charge is 0.322 e. The number of rotatable bonds is 7. The number of carbonyl (C=O) groups is 1. The number of anilines is 1. The molecule has 0 bridgehead atoms. The molecule has 1 N–H and O–H groups in total. The van der Waals surface area contributed by atoms with E-state index in [-0.39, 0.29) is 11.7 Å². The van der Waals surface area contributed by atoms with Crippen LogP contribution in [0.4, 0.5) is 10.1 Å². The van der Waals surface area contributed by atoms with Crippen molar-refractivity contribution in [2.24, 2.45) is 0 Å². The van der Waals surface area contributed by atoms with Crippen molar-refractivity contribution in [3.8, 4) is 0 Å². The van der Waals surface area contributed by atoms with E-state index in [0.717, 1.165) is 26.1 Å². The van der Waals surface area contributed by atoms with E-state index < -0.39 is 5.25 Å². The zero-order valence-electron chi connectivity index (χ0n) is 16.6. The molecule has 0 aliphatic heterocycles. The Balaban J connectivity index is 1.96. The van der Waals surface area contributed by atoms with Crippen LogP contribution in [0.1, 0.15) is 16.5 Å². The molecule has 0 saturated heterocycles. The van der Waals surface area contributed by atoms with Gasteiger partial charge in [0.05, 0.1) is 5.69 Å². The Labute approximate surface area is 193 Å². The molecule has 0 aliphatic carbocycles. The topological polar surface area (TPSA) is 42.0 Å². The monoisotopic (exact) mass is 478 g/mol. The van der Waals surface area contributed by atoms with Gasteiger partial charge in [-0.1, -0.05) is 23.7 Å². The van der Waals surface area contributed by atoms with Gasteiger partial charge in [0.15, 0.2) is 0 Å². The number of nitrogens with one attached hydrogen (secondary N) is 1. The Hall–Kier alpha value is -1.67. The van der Waals surface area contributed by atoms with Crippen LogP contribution in [0.2, 0.25) is 5.02 Å². The summed E-state index contributed by atoms with van der Waals surface area (Å²) >= 11 is 10.4. The van der Waals surface area contributed by atoms with E-state index in [1.165, 1.54) is 35.7 Å². The minimum absolute atomic E-state index is 0.178. The highest BCUT2D eigenvalue weighted by molar-refractivity contribution is 8.00. The Morgan fingerprint density at radius 2 is 1.73 bits per heavy atom. The molecule has 1 atom stereocenters. The van der Waals surface area contributed by atoms with E-state index in [9.17, 15) is 9.18 Å². The molecule has 3 rings (SSSR count). The molecular weight excluding hydrogens is 459 g/mol. The summed E-state index contributed by atoms with van der Waals surface area (Å²) in [7, 11) is 0. The number of benzene rings is 2. The lowest BCUT2D eigenvalue weighted by atomic mass is 10.1. The Bertz CT molecular complexity index is 1000. The van der Waals surface area contributed by atoms with Gasteiger partial charge in [-0.05, 0) is 67.5 Å². The molecule has 1 amide bonds. The second-order valence-corrected chi connectivity index (χ2v) is 9.60. The summed E-state index contributed by atoms with van der Waals surface area (Å²) in [5.41, 5.74) is 2.42. The molecule has 0 saturated carbocycles. The van der Waals surface area contributed by atoms with Gasteiger partial charge in [-0.25, -0.2) is 9.37 Å². The molecule has 0 fully saturated rings. The standard InChI is InChI=1S/C22H20ClFN2OS3/c1-13-12-18(28-2)19(22(25-13)29-3)26-21(27)20(14-4-6-15(23)7-5-14)30-17-10-8-16(24)9-11-17/h4-12,20H,1-3H3,(H,26,27). The van der Waals surface area contributed by atoms with Crippen LogP contribution >= 0.6 is 46.9 Å². The molecule has 0 aliphatic rings. The molecule has 1 unspecified atom stereocenters. The van der Waals surface area contributed by atoms with Crippen LogP contribution in [0.5, 0.6) is 0 Å². The number of thioether (sulfide) groups is 3. The van der Waals surface area contributed by atoms with E-state index in [1.807, 2.05) is 37.6 Å². The zero-order valence-corrected chi connectivity index (χ0v) is 19.8. The number of hydrogen-bond acceptors (Lipinski definition) is 5. The minimum Gasteiger partial charge on any atom is -0.322 e. The highest BCUT2D eigenvalue weighted by Crippen LogP contribution is 2.39. The summed E-state index contributed by atoms with van der Waals surface area (Å²) in [5.74, 6) is -0.491. The average molecular weight is 479 g/mol. The van der Waals surface area contributed by atoms with E-state index >= 15 is 0 Å². The van der Waals surface area contributed by atoms with Gasteiger partial charge < -0.3 is 5.32 Å². The molecular formula is C22H20ClFN2OS3. The summed E-state index contributed by atoms with van der Waals surface area (Å²) in [6, 6.07) is 15.3. The number of aryl methyl sites for hydroxylation is 1. The first-order valence-corrected chi connectivity index (χ1v) is 12.7. The molecule has 1 heterocycles. The van der Waals surface area contributed by atoms with Gasteiger partial charge in [0, 0.05) is 20.5 Å². The third-order valence-electron chi connectivity index (χ3n) is 4.22. The molecule has 156 valence electrons. The van der Waals surface area contributed by atoms with Crippen molar-refractivity contribution in [2.45, 2.75) is 27.0 Å². The van der Waals surface area contributed by atoms with Gasteiger partial charge in [-0.15, -0.1) is 35.3 Å². The van der Waals surface area contributed by atoms with Gasteiger partial charge in [-0.3, -0.25) is 4.79 Å². The van der Waals surface area contributed by atoms with Crippen molar-refractivity contribution >= 4 is 58.5 Å². The number of aromatic nitrogens is 1. The summed E-state index contributed by atoms with van der Waals surface area (Å²) < 4.78 is 13.3. The van der Waals surface area contributed by atoms with Crippen molar-refractivity contribution in [2.75, 3.05) is 17.8 Å². The predicted molar refractivity (Wildman–Crippen MR) is 128 cm³/mol. The second kappa shape index (κ2) is 10.6. The van der Waals surface area contributed by atoms with Crippen LogP contribution < -0.4 is 5.32 Å². The fraction of sp³-hybridized carbons (Fsp3) is 0.182. The van der Waals surface area contributed by atoms with Gasteiger partial charge in [0.2, 0.25) is 5.91 Å². The smallest absolute Gasteiger partial charge is 0.242 e. The molecule has 3 nitrogen and oxygen atoms in total. The average Bonchev–Trinajstić information content (AvgIpc) is 2.74.